The van der Waals surface area contributed by atoms with Gasteiger partial charge in [0.15, 0.2) is 0 Å². The molecule has 3 nitrogen and oxygen atoms in total. The molecule has 3 aromatic rings. The Labute approximate surface area is 143 Å². The van der Waals surface area contributed by atoms with Gasteiger partial charge >= 0.3 is 0 Å². The van der Waals surface area contributed by atoms with Crippen molar-refractivity contribution in [1.82, 2.24) is 0 Å². The van der Waals surface area contributed by atoms with Crippen molar-refractivity contribution in [2.45, 2.75) is 4.90 Å². The molecule has 24 heavy (non-hydrogen) atoms. The van der Waals surface area contributed by atoms with Crippen molar-refractivity contribution in [3.8, 4) is 0 Å². The van der Waals surface area contributed by atoms with Crippen molar-refractivity contribution in [2.75, 3.05) is 4.90 Å². The van der Waals surface area contributed by atoms with Gasteiger partial charge in [0, 0.05) is 22.0 Å². The number of Topliss-reactive ketones (excluding diaryl/α,β-unsaturated/α-hetero) is 1. The molecule has 0 aromatic heterocycles. The fourth-order valence-corrected chi connectivity index (χ4v) is 3.87. The molecule has 0 radical (unpaired) electrons. The molecule has 4 heteroatoms. The first-order valence-corrected chi connectivity index (χ1v) is 8.34. The fraction of sp³-hybridized carbons (Fsp3) is 0. The van der Waals surface area contributed by atoms with Gasteiger partial charge in [-0.3, -0.25) is 14.5 Å². The van der Waals surface area contributed by atoms with E-state index in [0.717, 1.165) is 27.8 Å². The minimum atomic E-state index is -0.0392. The Bertz CT molecular complexity index is 988. The Balaban J connectivity index is 1.78. The van der Waals surface area contributed by atoms with E-state index in [0.29, 0.717) is 10.5 Å². The van der Waals surface area contributed by atoms with Gasteiger partial charge in [-0.05, 0) is 23.6 Å². The van der Waals surface area contributed by atoms with Crippen LogP contribution in [0, 0.1) is 0 Å². The maximum atomic E-state index is 12.5. The molecule has 0 fully saturated rings. The van der Waals surface area contributed by atoms with Crippen LogP contribution >= 0.6 is 11.8 Å². The largest absolute Gasteiger partial charge is 0.289 e. The second-order valence-corrected chi connectivity index (χ2v) is 6.52. The number of hydrogen-bond acceptors (Lipinski definition) is 3. The number of anilines is 1. The summed E-state index contributed by atoms with van der Waals surface area (Å²) in [5, 5.41) is 2.02. The summed E-state index contributed by atoms with van der Waals surface area (Å²) in [7, 11) is 0. The van der Waals surface area contributed by atoms with Gasteiger partial charge in [-0.25, -0.2) is 0 Å². The lowest BCUT2D eigenvalue weighted by Gasteiger charge is -2.16. The number of nitrogens with zero attached hydrogens (tertiary/aromatic N) is 1. The first kappa shape index (κ1) is 14.7. The number of amides is 1. The summed E-state index contributed by atoms with van der Waals surface area (Å²) in [4.78, 5) is 27.1. The smallest absolute Gasteiger partial charge is 0.218 e. The van der Waals surface area contributed by atoms with Gasteiger partial charge in [0.05, 0.1) is 10.6 Å². The second kappa shape index (κ2) is 5.98. The lowest BCUT2D eigenvalue weighted by Crippen LogP contribution is -2.15. The van der Waals surface area contributed by atoms with Crippen molar-refractivity contribution >= 4 is 40.4 Å². The molecule has 0 N–H and O–H groups in total. The molecule has 0 unspecified atom stereocenters. The van der Waals surface area contributed by atoms with Gasteiger partial charge in [-0.1, -0.05) is 60.3 Å². The molecule has 1 aliphatic heterocycles. The summed E-state index contributed by atoms with van der Waals surface area (Å²) in [6.45, 7) is 0. The third-order valence-electron chi connectivity index (χ3n) is 3.99. The van der Waals surface area contributed by atoms with Crippen LogP contribution in [0.4, 0.5) is 5.69 Å². The number of hydrogen-bond donors (Lipinski definition) is 0. The van der Waals surface area contributed by atoms with Crippen LogP contribution in [0.25, 0.3) is 10.8 Å². The van der Waals surface area contributed by atoms with Gasteiger partial charge in [0.1, 0.15) is 0 Å². The summed E-state index contributed by atoms with van der Waals surface area (Å²) in [5.74, 6) is -0.0392. The summed E-state index contributed by atoms with van der Waals surface area (Å²) >= 11 is 1.40. The fourth-order valence-electron chi connectivity index (χ4n) is 2.84. The number of fused-ring (bicyclic) bond motifs is 2. The Morgan fingerprint density at radius 1 is 0.875 bits per heavy atom. The van der Waals surface area contributed by atoms with Crippen LogP contribution in [0.15, 0.2) is 82.7 Å². The van der Waals surface area contributed by atoms with Crippen LogP contribution in [0.3, 0.4) is 0 Å². The summed E-state index contributed by atoms with van der Waals surface area (Å²) in [5.41, 5.74) is 1.46. The molecule has 116 valence electrons. The highest BCUT2D eigenvalue weighted by atomic mass is 32.2. The molecule has 0 saturated heterocycles. The Morgan fingerprint density at radius 2 is 1.62 bits per heavy atom. The number of benzene rings is 3. The van der Waals surface area contributed by atoms with Crippen molar-refractivity contribution in [3.63, 3.8) is 0 Å². The highest BCUT2D eigenvalue weighted by Crippen LogP contribution is 2.40. The predicted octanol–water partition coefficient (Wildman–Crippen LogP) is 4.63. The molecule has 4 rings (SSSR count). The van der Waals surface area contributed by atoms with Crippen molar-refractivity contribution in [2.24, 2.45) is 0 Å². The number of allylic oxidation sites excluding steroid dienone is 1. The van der Waals surface area contributed by atoms with Crippen molar-refractivity contribution < 1.29 is 9.59 Å². The van der Waals surface area contributed by atoms with E-state index in [-0.39, 0.29) is 5.78 Å². The lowest BCUT2D eigenvalue weighted by molar-refractivity contribution is -0.106. The number of ketones is 1. The average molecular weight is 331 g/mol. The zero-order chi connectivity index (χ0) is 16.5. The average Bonchev–Trinajstić information content (AvgIpc) is 2.95. The minimum Gasteiger partial charge on any atom is -0.289 e. The zero-order valence-electron chi connectivity index (χ0n) is 12.7. The van der Waals surface area contributed by atoms with Gasteiger partial charge < -0.3 is 0 Å². The first-order chi connectivity index (χ1) is 11.8. The van der Waals surface area contributed by atoms with E-state index in [1.54, 1.807) is 6.20 Å². The highest BCUT2D eigenvalue weighted by Gasteiger charge is 2.26. The summed E-state index contributed by atoms with van der Waals surface area (Å²) < 4.78 is 0. The van der Waals surface area contributed by atoms with E-state index in [9.17, 15) is 9.59 Å². The first-order valence-electron chi connectivity index (χ1n) is 7.53. The summed E-state index contributed by atoms with van der Waals surface area (Å²) in [6.07, 6.45) is 2.37. The van der Waals surface area contributed by atoms with Crippen LogP contribution in [0.2, 0.25) is 0 Å². The Morgan fingerprint density at radius 3 is 2.46 bits per heavy atom. The Kier molecular flexibility index (Phi) is 3.67. The monoisotopic (exact) mass is 331 g/mol. The van der Waals surface area contributed by atoms with E-state index in [2.05, 4.69) is 0 Å². The maximum absolute atomic E-state index is 12.5. The Hall–Kier alpha value is -2.85. The molecule has 1 aliphatic rings. The molecule has 1 heterocycles. The lowest BCUT2D eigenvalue weighted by atomic mass is 10.1. The van der Waals surface area contributed by atoms with Gasteiger partial charge in [-0.15, -0.1) is 0 Å². The van der Waals surface area contributed by atoms with Crippen molar-refractivity contribution in [1.29, 1.82) is 0 Å². The molecule has 0 bridgehead atoms. The van der Waals surface area contributed by atoms with E-state index in [1.807, 2.05) is 66.7 Å². The number of thioether (sulfide) groups is 1. The van der Waals surface area contributed by atoms with Crippen LogP contribution in [-0.4, -0.2) is 12.2 Å². The predicted molar refractivity (Wildman–Crippen MR) is 97.2 cm³/mol. The minimum absolute atomic E-state index is 0.0392. The molecule has 0 saturated carbocycles. The topological polar surface area (TPSA) is 37.4 Å². The SMILES string of the molecule is O=CN(C=C1Sc2ccccc2C1=O)c1cccc2ccccc12. The normalized spacial score (nSPS) is 14.8. The third-order valence-corrected chi connectivity index (χ3v) is 5.08. The van der Waals surface area contributed by atoms with E-state index < -0.39 is 0 Å². The van der Waals surface area contributed by atoms with Crippen molar-refractivity contribution in [3.05, 3.63) is 83.4 Å². The number of rotatable bonds is 3. The highest BCUT2D eigenvalue weighted by molar-refractivity contribution is 8.04. The molecular formula is C20H13NO2S. The van der Waals surface area contributed by atoms with E-state index >= 15 is 0 Å². The zero-order valence-corrected chi connectivity index (χ0v) is 13.5. The van der Waals surface area contributed by atoms with Gasteiger partial charge in [0.2, 0.25) is 12.2 Å². The van der Waals surface area contributed by atoms with Crippen LogP contribution in [0.1, 0.15) is 10.4 Å². The molecular weight excluding hydrogens is 318 g/mol. The number of carbonyl (C=O) groups excluding carboxylic acids is 2. The maximum Gasteiger partial charge on any atom is 0.218 e. The summed E-state index contributed by atoms with van der Waals surface area (Å²) in [6, 6.07) is 21.1. The van der Waals surface area contributed by atoms with E-state index in [4.69, 9.17) is 0 Å². The van der Waals surface area contributed by atoms with Crippen LogP contribution < -0.4 is 4.90 Å². The third kappa shape index (κ3) is 2.41. The standard InChI is InChI=1S/C20H13NO2S/c22-13-21(17-10-5-7-14-6-1-2-8-15(14)17)12-19-20(23)16-9-3-4-11-18(16)24-19/h1-13H. The molecule has 0 atom stereocenters. The molecule has 1 amide bonds. The van der Waals surface area contributed by atoms with Crippen LogP contribution in [-0.2, 0) is 4.79 Å². The van der Waals surface area contributed by atoms with Gasteiger partial charge in [0.25, 0.3) is 0 Å². The second-order valence-electron chi connectivity index (χ2n) is 5.43. The molecule has 0 aliphatic carbocycles. The van der Waals surface area contributed by atoms with E-state index in [1.165, 1.54) is 16.7 Å². The van der Waals surface area contributed by atoms with Gasteiger partial charge in [-0.2, -0.15) is 0 Å². The molecule has 0 spiro atoms. The number of carbonyl (C=O) groups is 2. The van der Waals surface area contributed by atoms with Crippen LogP contribution in [0.5, 0.6) is 0 Å². The quantitative estimate of drug-likeness (QED) is 0.518. The molecule has 3 aromatic carbocycles.